The predicted molar refractivity (Wildman–Crippen MR) is 76.2 cm³/mol. The fourth-order valence-corrected chi connectivity index (χ4v) is 2.64. The summed E-state index contributed by atoms with van der Waals surface area (Å²) in [6.07, 6.45) is 1.73. The van der Waals surface area contributed by atoms with Crippen molar-refractivity contribution in [3.63, 3.8) is 0 Å². The summed E-state index contributed by atoms with van der Waals surface area (Å²) in [7, 11) is 0. The highest BCUT2D eigenvalue weighted by Crippen LogP contribution is 2.35. The van der Waals surface area contributed by atoms with Crippen LogP contribution in [0.25, 0.3) is 33.1 Å². The lowest BCUT2D eigenvalue weighted by atomic mass is 10.1. The molecule has 0 fully saturated rings. The Morgan fingerprint density at radius 2 is 1.74 bits per heavy atom. The molecule has 92 valence electrons. The molecule has 0 unspecified atom stereocenters. The van der Waals surface area contributed by atoms with Crippen molar-refractivity contribution in [3.8, 4) is 11.3 Å². The van der Waals surface area contributed by atoms with Crippen LogP contribution in [0.1, 0.15) is 0 Å². The van der Waals surface area contributed by atoms with Gasteiger partial charge in [-0.3, -0.25) is 10.2 Å². The molecule has 2 N–H and O–H groups in total. The lowest BCUT2D eigenvalue weighted by molar-refractivity contribution is 1.12. The molecule has 4 nitrogen and oxygen atoms in total. The summed E-state index contributed by atoms with van der Waals surface area (Å²) in [4.78, 5) is 0. The summed E-state index contributed by atoms with van der Waals surface area (Å²) in [5.41, 5.74) is 3.70. The molecule has 0 aliphatic rings. The molecule has 0 spiro atoms. The fourth-order valence-electron chi connectivity index (χ4n) is 2.33. The van der Waals surface area contributed by atoms with E-state index < -0.39 is 0 Å². The van der Waals surface area contributed by atoms with Crippen LogP contribution in [0.3, 0.4) is 0 Å². The van der Waals surface area contributed by atoms with Gasteiger partial charge >= 0.3 is 0 Å². The Morgan fingerprint density at radius 3 is 2.68 bits per heavy atom. The van der Waals surface area contributed by atoms with E-state index in [0.29, 0.717) is 5.02 Å². The molecule has 4 rings (SSSR count). The fraction of sp³-hybridized carbons (Fsp3) is 0. The minimum atomic E-state index is 0.670. The highest BCUT2D eigenvalue weighted by molar-refractivity contribution is 6.38. The van der Waals surface area contributed by atoms with E-state index in [2.05, 4.69) is 20.4 Å². The SMILES string of the molecule is Clc1c(-c2n[nH]c3ccccc23)ccc2[nH]ncc12. The zero-order valence-corrected chi connectivity index (χ0v) is 10.6. The number of benzene rings is 2. The number of H-pyrrole nitrogens is 2. The van der Waals surface area contributed by atoms with Crippen LogP contribution in [0.2, 0.25) is 5.02 Å². The smallest absolute Gasteiger partial charge is 0.101 e. The average molecular weight is 269 g/mol. The van der Waals surface area contributed by atoms with Crippen molar-refractivity contribution in [2.45, 2.75) is 0 Å². The summed E-state index contributed by atoms with van der Waals surface area (Å²) in [6.45, 7) is 0. The van der Waals surface area contributed by atoms with E-state index >= 15 is 0 Å². The number of para-hydroxylation sites is 1. The number of fused-ring (bicyclic) bond motifs is 2. The summed E-state index contributed by atoms with van der Waals surface area (Å²) < 4.78 is 0. The second kappa shape index (κ2) is 3.83. The van der Waals surface area contributed by atoms with Gasteiger partial charge in [-0.15, -0.1) is 0 Å². The molecule has 2 heterocycles. The normalized spacial score (nSPS) is 11.4. The van der Waals surface area contributed by atoms with Crippen LogP contribution in [0.5, 0.6) is 0 Å². The largest absolute Gasteiger partial charge is 0.278 e. The van der Waals surface area contributed by atoms with E-state index in [0.717, 1.165) is 33.1 Å². The van der Waals surface area contributed by atoms with E-state index in [1.54, 1.807) is 6.20 Å². The molecule has 19 heavy (non-hydrogen) atoms. The Kier molecular flexibility index (Phi) is 2.13. The second-order valence-corrected chi connectivity index (χ2v) is 4.75. The number of aromatic nitrogens is 4. The van der Waals surface area contributed by atoms with E-state index in [-0.39, 0.29) is 0 Å². The van der Waals surface area contributed by atoms with Gasteiger partial charge in [0.1, 0.15) is 5.69 Å². The average Bonchev–Trinajstić information content (AvgIpc) is 3.06. The molecule has 2 aromatic heterocycles. The zero-order chi connectivity index (χ0) is 12.8. The standard InChI is InChI=1S/C14H9ClN4/c15-13-9(5-6-12-10(13)7-16-17-12)14-8-3-1-2-4-11(8)18-19-14/h1-7H,(H,16,17)(H,18,19). The molecule has 0 saturated carbocycles. The van der Waals surface area contributed by atoms with Crippen molar-refractivity contribution in [3.05, 3.63) is 47.6 Å². The molecule has 2 aromatic carbocycles. The third kappa shape index (κ3) is 1.47. The van der Waals surface area contributed by atoms with Crippen LogP contribution in [0, 0.1) is 0 Å². The molecule has 0 amide bonds. The van der Waals surface area contributed by atoms with Gasteiger partial charge in [-0.25, -0.2) is 0 Å². The van der Waals surface area contributed by atoms with Gasteiger partial charge in [0.25, 0.3) is 0 Å². The van der Waals surface area contributed by atoms with Crippen LogP contribution in [0.4, 0.5) is 0 Å². The number of nitrogens with zero attached hydrogens (tertiary/aromatic N) is 2. The Balaban J connectivity index is 2.06. The third-order valence-electron chi connectivity index (χ3n) is 3.28. The van der Waals surface area contributed by atoms with Gasteiger partial charge in [-0.05, 0) is 18.2 Å². The Labute approximate surface area is 113 Å². The summed E-state index contributed by atoms with van der Waals surface area (Å²) in [5.74, 6) is 0. The number of hydrogen-bond acceptors (Lipinski definition) is 2. The van der Waals surface area contributed by atoms with Crippen LogP contribution < -0.4 is 0 Å². The molecule has 0 aliphatic heterocycles. The number of rotatable bonds is 1. The van der Waals surface area contributed by atoms with Crippen molar-refractivity contribution in [1.82, 2.24) is 20.4 Å². The first kappa shape index (κ1) is 10.6. The van der Waals surface area contributed by atoms with Crippen LogP contribution in [-0.4, -0.2) is 20.4 Å². The van der Waals surface area contributed by atoms with E-state index in [9.17, 15) is 0 Å². The first-order chi connectivity index (χ1) is 9.34. The Bertz CT molecular complexity index is 891. The number of halogens is 1. The quantitative estimate of drug-likeness (QED) is 0.552. The molecule has 0 aliphatic carbocycles. The van der Waals surface area contributed by atoms with Crippen LogP contribution in [-0.2, 0) is 0 Å². The van der Waals surface area contributed by atoms with Gasteiger partial charge in [-0.2, -0.15) is 10.2 Å². The Hall–Kier alpha value is -2.33. The first-order valence-corrected chi connectivity index (χ1v) is 6.27. The van der Waals surface area contributed by atoms with E-state index in [1.165, 1.54) is 0 Å². The third-order valence-corrected chi connectivity index (χ3v) is 3.69. The number of hydrogen-bond donors (Lipinski definition) is 2. The molecule has 0 saturated heterocycles. The van der Waals surface area contributed by atoms with Gasteiger partial charge in [0.15, 0.2) is 0 Å². The van der Waals surface area contributed by atoms with Crippen molar-refractivity contribution in [2.75, 3.05) is 0 Å². The first-order valence-electron chi connectivity index (χ1n) is 5.89. The molecule has 0 atom stereocenters. The highest BCUT2D eigenvalue weighted by Gasteiger charge is 2.13. The van der Waals surface area contributed by atoms with E-state index in [4.69, 9.17) is 11.6 Å². The maximum absolute atomic E-state index is 6.46. The van der Waals surface area contributed by atoms with Gasteiger partial charge in [-0.1, -0.05) is 29.8 Å². The summed E-state index contributed by atoms with van der Waals surface area (Å²) in [6, 6.07) is 11.9. The monoisotopic (exact) mass is 268 g/mol. The van der Waals surface area contributed by atoms with Gasteiger partial charge in [0.2, 0.25) is 0 Å². The van der Waals surface area contributed by atoms with Crippen LogP contribution >= 0.6 is 11.6 Å². The second-order valence-electron chi connectivity index (χ2n) is 4.38. The Morgan fingerprint density at radius 1 is 0.895 bits per heavy atom. The van der Waals surface area contributed by atoms with Gasteiger partial charge < -0.3 is 0 Å². The molecule has 0 radical (unpaired) electrons. The van der Waals surface area contributed by atoms with Crippen molar-refractivity contribution >= 4 is 33.4 Å². The van der Waals surface area contributed by atoms with Crippen molar-refractivity contribution < 1.29 is 0 Å². The minimum absolute atomic E-state index is 0.670. The summed E-state index contributed by atoms with van der Waals surface area (Å²) >= 11 is 6.46. The minimum Gasteiger partial charge on any atom is -0.278 e. The predicted octanol–water partition coefficient (Wildman–Crippen LogP) is 3.76. The molecule has 4 aromatic rings. The maximum atomic E-state index is 6.46. The lowest BCUT2D eigenvalue weighted by Crippen LogP contribution is -1.82. The maximum Gasteiger partial charge on any atom is 0.101 e. The van der Waals surface area contributed by atoms with Crippen molar-refractivity contribution in [1.29, 1.82) is 0 Å². The molecular formula is C14H9ClN4. The number of aromatic amines is 2. The number of nitrogens with one attached hydrogen (secondary N) is 2. The van der Waals surface area contributed by atoms with Crippen LogP contribution in [0.15, 0.2) is 42.6 Å². The molecule has 5 heteroatoms. The topological polar surface area (TPSA) is 57.4 Å². The van der Waals surface area contributed by atoms with Gasteiger partial charge in [0, 0.05) is 16.3 Å². The van der Waals surface area contributed by atoms with E-state index in [1.807, 2.05) is 36.4 Å². The van der Waals surface area contributed by atoms with Gasteiger partial charge in [0.05, 0.1) is 22.3 Å². The zero-order valence-electron chi connectivity index (χ0n) is 9.81. The molecular weight excluding hydrogens is 260 g/mol. The van der Waals surface area contributed by atoms with Crippen molar-refractivity contribution in [2.24, 2.45) is 0 Å². The molecule has 0 bridgehead atoms. The highest BCUT2D eigenvalue weighted by atomic mass is 35.5. The lowest BCUT2D eigenvalue weighted by Gasteiger charge is -2.02. The summed E-state index contributed by atoms with van der Waals surface area (Å²) in [5, 5.41) is 17.0.